The van der Waals surface area contributed by atoms with Crippen LogP contribution in [0.5, 0.6) is 0 Å². The van der Waals surface area contributed by atoms with Crippen LogP contribution in [0.2, 0.25) is 0 Å². The molecule has 8 nitrogen and oxygen atoms in total. The maximum absolute atomic E-state index is 11.6. The van der Waals surface area contributed by atoms with E-state index in [0.29, 0.717) is 33.8 Å². The van der Waals surface area contributed by atoms with Crippen molar-refractivity contribution in [1.82, 2.24) is 14.9 Å². The normalized spacial score (nSPS) is 10.9. The number of nitrogen functional groups attached to an aromatic ring is 1. The van der Waals surface area contributed by atoms with Crippen LogP contribution in [0.3, 0.4) is 0 Å². The molecule has 0 aromatic carbocycles. The number of thioether (sulfide) groups is 1. The summed E-state index contributed by atoms with van der Waals surface area (Å²) in [6, 6.07) is 3.34. The van der Waals surface area contributed by atoms with Crippen molar-refractivity contribution >= 4 is 17.7 Å². The SMILES string of the molecule is COC(=O)c1ccoc1CSc1nnc(-c2ccoc2C)n1N. The van der Waals surface area contributed by atoms with Crippen molar-refractivity contribution < 1.29 is 18.4 Å². The molecule has 0 atom stereocenters. The second-order valence-corrected chi connectivity index (χ2v) is 5.55. The van der Waals surface area contributed by atoms with Gasteiger partial charge in [0.15, 0.2) is 5.82 Å². The summed E-state index contributed by atoms with van der Waals surface area (Å²) in [6.45, 7) is 1.82. The van der Waals surface area contributed by atoms with Gasteiger partial charge >= 0.3 is 5.97 Å². The Hall–Kier alpha value is -2.68. The van der Waals surface area contributed by atoms with Crippen molar-refractivity contribution in [2.75, 3.05) is 13.0 Å². The van der Waals surface area contributed by atoms with Gasteiger partial charge in [0.25, 0.3) is 0 Å². The first-order chi connectivity index (χ1) is 11.1. The fourth-order valence-corrected chi connectivity index (χ4v) is 2.86. The van der Waals surface area contributed by atoms with Gasteiger partial charge < -0.3 is 19.4 Å². The summed E-state index contributed by atoms with van der Waals surface area (Å²) in [5, 5.41) is 8.63. The fourth-order valence-electron chi connectivity index (χ4n) is 2.05. The molecule has 120 valence electrons. The molecule has 3 rings (SSSR count). The molecule has 23 heavy (non-hydrogen) atoms. The smallest absolute Gasteiger partial charge is 0.341 e. The van der Waals surface area contributed by atoms with E-state index >= 15 is 0 Å². The van der Waals surface area contributed by atoms with Gasteiger partial charge in [-0.2, -0.15) is 0 Å². The van der Waals surface area contributed by atoms with Gasteiger partial charge in [-0.1, -0.05) is 11.8 Å². The van der Waals surface area contributed by atoms with E-state index in [9.17, 15) is 4.79 Å². The fraction of sp³-hybridized carbons (Fsp3) is 0.214. The first-order valence-electron chi connectivity index (χ1n) is 6.64. The molecule has 0 saturated carbocycles. The highest BCUT2D eigenvalue weighted by Gasteiger charge is 2.19. The Morgan fingerprint density at radius 2 is 2.13 bits per heavy atom. The van der Waals surface area contributed by atoms with Crippen molar-refractivity contribution in [3.05, 3.63) is 41.7 Å². The van der Waals surface area contributed by atoms with E-state index in [1.54, 1.807) is 18.4 Å². The number of aromatic nitrogens is 3. The molecule has 0 radical (unpaired) electrons. The minimum absolute atomic E-state index is 0.372. The number of carbonyl (C=O) groups is 1. The summed E-state index contributed by atoms with van der Waals surface area (Å²) in [6.07, 6.45) is 3.01. The van der Waals surface area contributed by atoms with Gasteiger partial charge in [-0.25, -0.2) is 9.47 Å². The predicted molar refractivity (Wildman–Crippen MR) is 82.2 cm³/mol. The zero-order chi connectivity index (χ0) is 16.4. The molecule has 3 aromatic heterocycles. The van der Waals surface area contributed by atoms with Crippen LogP contribution < -0.4 is 5.84 Å². The summed E-state index contributed by atoms with van der Waals surface area (Å²) in [4.78, 5) is 11.6. The van der Waals surface area contributed by atoms with Crippen molar-refractivity contribution in [3.8, 4) is 11.4 Å². The molecule has 3 heterocycles. The van der Waals surface area contributed by atoms with E-state index in [4.69, 9.17) is 19.4 Å². The number of esters is 1. The van der Waals surface area contributed by atoms with Crippen LogP contribution in [-0.2, 0) is 10.5 Å². The molecule has 0 spiro atoms. The third-order valence-corrected chi connectivity index (χ3v) is 4.19. The molecular formula is C14H14N4O4S. The molecule has 0 aliphatic carbocycles. The number of ether oxygens (including phenoxy) is 1. The molecule has 0 unspecified atom stereocenters. The van der Waals surface area contributed by atoms with Crippen LogP contribution in [0.4, 0.5) is 0 Å². The lowest BCUT2D eigenvalue weighted by molar-refractivity contribution is 0.0598. The zero-order valence-corrected chi connectivity index (χ0v) is 13.3. The molecule has 9 heteroatoms. The summed E-state index contributed by atoms with van der Waals surface area (Å²) in [5.74, 6) is 7.67. The number of nitrogens with two attached hydrogens (primary N) is 1. The standard InChI is InChI=1S/C14H14N4O4S/c1-8-9(3-5-21-8)12-16-17-14(18(12)15)23-7-11-10(4-6-22-11)13(19)20-2/h3-6H,7,15H2,1-2H3. The Bertz CT molecular complexity index is 836. The van der Waals surface area contributed by atoms with Gasteiger partial charge in [0.2, 0.25) is 5.16 Å². The maximum Gasteiger partial charge on any atom is 0.341 e. The number of rotatable bonds is 5. The molecule has 0 aliphatic rings. The maximum atomic E-state index is 11.6. The van der Waals surface area contributed by atoms with Crippen LogP contribution in [0.1, 0.15) is 21.9 Å². The average Bonchev–Trinajstić information content (AvgIpc) is 3.25. The first kappa shape index (κ1) is 15.2. The molecule has 0 aliphatic heterocycles. The van der Waals surface area contributed by atoms with Crippen LogP contribution in [0.15, 0.2) is 38.6 Å². The van der Waals surface area contributed by atoms with Crippen LogP contribution in [-0.4, -0.2) is 28.0 Å². The van der Waals surface area contributed by atoms with Crippen LogP contribution in [0, 0.1) is 6.92 Å². The van der Waals surface area contributed by atoms with Gasteiger partial charge in [0, 0.05) is 0 Å². The number of hydrogen-bond donors (Lipinski definition) is 1. The monoisotopic (exact) mass is 334 g/mol. The van der Waals surface area contributed by atoms with Gasteiger partial charge in [-0.05, 0) is 19.1 Å². The molecular weight excluding hydrogens is 320 g/mol. The Labute approximate surface area is 135 Å². The number of carbonyl (C=O) groups excluding carboxylic acids is 1. The average molecular weight is 334 g/mol. The number of nitrogens with zero attached hydrogens (tertiary/aromatic N) is 3. The van der Waals surface area contributed by atoms with E-state index in [1.165, 1.54) is 29.8 Å². The minimum Gasteiger partial charge on any atom is -0.469 e. The summed E-state index contributed by atoms with van der Waals surface area (Å²) < 4.78 is 16.6. The molecule has 0 bridgehead atoms. The lowest BCUT2D eigenvalue weighted by atomic mass is 10.2. The van der Waals surface area contributed by atoms with E-state index in [0.717, 1.165) is 5.56 Å². The van der Waals surface area contributed by atoms with Crippen molar-refractivity contribution in [2.45, 2.75) is 17.8 Å². The zero-order valence-electron chi connectivity index (χ0n) is 12.5. The first-order valence-corrected chi connectivity index (χ1v) is 7.62. The largest absolute Gasteiger partial charge is 0.469 e. The van der Waals surface area contributed by atoms with Gasteiger partial charge in [-0.3, -0.25) is 0 Å². The van der Waals surface area contributed by atoms with E-state index in [1.807, 2.05) is 6.92 Å². The second kappa shape index (κ2) is 6.21. The van der Waals surface area contributed by atoms with E-state index < -0.39 is 5.97 Å². The van der Waals surface area contributed by atoms with Crippen molar-refractivity contribution in [1.29, 1.82) is 0 Å². The third kappa shape index (κ3) is 2.82. The van der Waals surface area contributed by atoms with Crippen LogP contribution in [0.25, 0.3) is 11.4 Å². The predicted octanol–water partition coefficient (Wildman–Crippen LogP) is 2.23. The number of methoxy groups -OCH3 is 1. The number of hydrogen-bond acceptors (Lipinski definition) is 8. The Morgan fingerprint density at radius 3 is 2.83 bits per heavy atom. The Kier molecular flexibility index (Phi) is 4.11. The van der Waals surface area contributed by atoms with Gasteiger partial charge in [0.05, 0.1) is 31.0 Å². The van der Waals surface area contributed by atoms with Gasteiger partial charge in [-0.15, -0.1) is 10.2 Å². The third-order valence-electron chi connectivity index (χ3n) is 3.25. The second-order valence-electron chi connectivity index (χ2n) is 4.60. The van der Waals surface area contributed by atoms with Crippen molar-refractivity contribution in [2.24, 2.45) is 0 Å². The highest BCUT2D eigenvalue weighted by atomic mass is 32.2. The lowest BCUT2D eigenvalue weighted by Gasteiger charge is -2.03. The topological polar surface area (TPSA) is 109 Å². The highest BCUT2D eigenvalue weighted by molar-refractivity contribution is 7.98. The molecule has 0 fully saturated rings. The van der Waals surface area contributed by atoms with E-state index in [2.05, 4.69) is 10.2 Å². The summed E-state index contributed by atoms with van der Waals surface area (Å²) in [7, 11) is 1.32. The Balaban J connectivity index is 1.78. The molecule has 3 aromatic rings. The number of aryl methyl sites for hydroxylation is 1. The summed E-state index contributed by atoms with van der Waals surface area (Å²) >= 11 is 1.30. The Morgan fingerprint density at radius 1 is 1.35 bits per heavy atom. The summed E-state index contributed by atoms with van der Waals surface area (Å²) in [5.41, 5.74) is 1.16. The molecule has 0 saturated heterocycles. The molecule has 0 amide bonds. The lowest BCUT2D eigenvalue weighted by Crippen LogP contribution is -2.11. The van der Waals surface area contributed by atoms with Gasteiger partial charge in [0.1, 0.15) is 17.1 Å². The number of furan rings is 2. The molecule has 2 N–H and O–H groups in total. The minimum atomic E-state index is -0.446. The van der Waals surface area contributed by atoms with Crippen LogP contribution >= 0.6 is 11.8 Å². The van der Waals surface area contributed by atoms with Crippen molar-refractivity contribution in [3.63, 3.8) is 0 Å². The van der Waals surface area contributed by atoms with E-state index in [-0.39, 0.29) is 0 Å². The highest BCUT2D eigenvalue weighted by Crippen LogP contribution is 2.27. The quantitative estimate of drug-likeness (QED) is 0.430.